The zero-order valence-electron chi connectivity index (χ0n) is 25.3. The number of ether oxygens (including phenoxy) is 1. The number of aliphatic hydroxyl groups is 2. The first-order valence-electron chi connectivity index (χ1n) is 14.3. The van der Waals surface area contributed by atoms with Gasteiger partial charge >= 0.3 is 5.97 Å². The molecule has 0 heterocycles. The number of carboxylic acids is 1. The van der Waals surface area contributed by atoms with Gasteiger partial charge in [0.2, 0.25) is 0 Å². The minimum Gasteiger partial charge on any atom is -0.547 e. The fourth-order valence-corrected chi connectivity index (χ4v) is 4.93. The summed E-state index contributed by atoms with van der Waals surface area (Å²) in [6, 6.07) is 23.0. The van der Waals surface area contributed by atoms with Gasteiger partial charge in [0.25, 0.3) is 0 Å². The molecule has 0 aliphatic carbocycles. The van der Waals surface area contributed by atoms with Crippen molar-refractivity contribution in [2.75, 3.05) is 6.54 Å². The molecule has 3 aromatic carbocycles. The first-order chi connectivity index (χ1) is 19.9. The molecule has 8 heteroatoms. The third kappa shape index (κ3) is 10.2. The standard InChI is InChI=1S/C26H37NO3.C8H7ClO3/c1-18(2)26(29)30-25-13-12-21(17-28)16-24(25)23(22-10-8-7-9-11-22)14-15-27(19(3)4)20(5)6;9-6-4-2-1-3-5(6)7(10)8(11)12/h7-13,16,18-20,23,28H,14-15,17H2,1-6H3;1-4,7,10H,(H,11,12)/p-1/t23-;/m1./s1. The molecule has 0 saturated carbocycles. The Labute approximate surface area is 254 Å². The molecule has 2 N–H and O–H groups in total. The van der Waals surface area contributed by atoms with Crippen LogP contribution in [-0.4, -0.2) is 45.7 Å². The number of nitrogens with zero attached hydrogens (tertiary/aromatic N) is 1. The summed E-state index contributed by atoms with van der Waals surface area (Å²) in [7, 11) is 0. The Hall–Kier alpha value is -3.23. The van der Waals surface area contributed by atoms with Gasteiger partial charge in [-0.1, -0.05) is 80.0 Å². The summed E-state index contributed by atoms with van der Waals surface area (Å²) in [5, 5.41) is 29.2. The summed E-state index contributed by atoms with van der Waals surface area (Å²) in [6.45, 7) is 13.4. The minimum absolute atomic E-state index is 0.0446. The van der Waals surface area contributed by atoms with Gasteiger partial charge in [0.05, 0.1) is 18.5 Å². The molecule has 7 nitrogen and oxygen atoms in total. The van der Waals surface area contributed by atoms with Crippen LogP contribution in [0.5, 0.6) is 5.75 Å². The highest BCUT2D eigenvalue weighted by atomic mass is 35.5. The maximum absolute atomic E-state index is 12.3. The normalized spacial score (nSPS) is 12.7. The molecule has 2 atom stereocenters. The van der Waals surface area contributed by atoms with E-state index in [0.717, 1.165) is 24.1 Å². The highest BCUT2D eigenvalue weighted by Crippen LogP contribution is 2.36. The van der Waals surface area contributed by atoms with Crippen molar-refractivity contribution < 1.29 is 29.6 Å². The number of carbonyl (C=O) groups is 2. The van der Waals surface area contributed by atoms with Gasteiger partial charge in [0.15, 0.2) is 0 Å². The number of esters is 1. The number of rotatable bonds is 12. The molecule has 0 aromatic heterocycles. The van der Waals surface area contributed by atoms with Crippen LogP contribution in [0.25, 0.3) is 0 Å². The summed E-state index contributed by atoms with van der Waals surface area (Å²) >= 11 is 5.61. The summed E-state index contributed by atoms with van der Waals surface area (Å²) < 4.78 is 5.78. The second-order valence-electron chi connectivity index (χ2n) is 11.0. The summed E-state index contributed by atoms with van der Waals surface area (Å²) in [6.07, 6.45) is -0.764. The van der Waals surface area contributed by atoms with E-state index in [0.29, 0.717) is 17.8 Å². The number of carbonyl (C=O) groups excluding carboxylic acids is 2. The Morgan fingerprint density at radius 3 is 2.00 bits per heavy atom. The second kappa shape index (κ2) is 17.0. The van der Waals surface area contributed by atoms with Gasteiger partial charge < -0.3 is 24.9 Å². The van der Waals surface area contributed by atoms with Crippen molar-refractivity contribution in [1.82, 2.24) is 4.90 Å². The molecule has 1 unspecified atom stereocenters. The van der Waals surface area contributed by atoms with Gasteiger partial charge in [-0.05, 0) is 70.0 Å². The van der Waals surface area contributed by atoms with Crippen LogP contribution >= 0.6 is 11.6 Å². The lowest BCUT2D eigenvalue weighted by Crippen LogP contribution is -2.38. The summed E-state index contributed by atoms with van der Waals surface area (Å²) in [5.41, 5.74) is 3.11. The van der Waals surface area contributed by atoms with E-state index >= 15 is 0 Å². The van der Waals surface area contributed by atoms with Crippen LogP contribution in [0.2, 0.25) is 5.02 Å². The van der Waals surface area contributed by atoms with Crippen LogP contribution in [0.3, 0.4) is 0 Å². The third-order valence-electron chi connectivity index (χ3n) is 6.94. The van der Waals surface area contributed by atoms with E-state index in [2.05, 4.69) is 44.7 Å². The zero-order valence-corrected chi connectivity index (χ0v) is 26.0. The van der Waals surface area contributed by atoms with E-state index in [4.69, 9.17) is 21.4 Å². The Morgan fingerprint density at radius 1 is 0.881 bits per heavy atom. The Bertz CT molecular complexity index is 1270. The highest BCUT2D eigenvalue weighted by molar-refractivity contribution is 6.31. The number of carboxylic acid groups (broad SMARTS) is 1. The van der Waals surface area contributed by atoms with Crippen molar-refractivity contribution in [3.8, 4) is 5.75 Å². The molecular formula is C34H43ClNO6-. The van der Waals surface area contributed by atoms with E-state index in [1.54, 1.807) is 12.1 Å². The highest BCUT2D eigenvalue weighted by Gasteiger charge is 2.24. The van der Waals surface area contributed by atoms with Crippen LogP contribution in [0.15, 0.2) is 72.8 Å². The van der Waals surface area contributed by atoms with Crippen LogP contribution in [0.4, 0.5) is 0 Å². The Kier molecular flexibility index (Phi) is 14.2. The van der Waals surface area contributed by atoms with E-state index in [-0.39, 0.29) is 35.0 Å². The Morgan fingerprint density at radius 2 is 1.48 bits per heavy atom. The maximum atomic E-state index is 12.3. The third-order valence-corrected chi connectivity index (χ3v) is 7.29. The van der Waals surface area contributed by atoms with Gasteiger partial charge in [-0.2, -0.15) is 0 Å². The number of aliphatic carboxylic acids is 1. The van der Waals surface area contributed by atoms with Crippen molar-refractivity contribution in [3.05, 3.63) is 100 Å². The van der Waals surface area contributed by atoms with Crippen molar-refractivity contribution in [1.29, 1.82) is 0 Å². The number of aliphatic hydroxyl groups excluding tert-OH is 2. The van der Waals surface area contributed by atoms with Crippen LogP contribution in [0, 0.1) is 5.92 Å². The molecule has 0 aliphatic rings. The number of hydrogen-bond donors (Lipinski definition) is 2. The summed E-state index contributed by atoms with van der Waals surface area (Å²) in [4.78, 5) is 25.1. The van der Waals surface area contributed by atoms with Gasteiger partial charge in [0.1, 0.15) is 11.9 Å². The molecule has 0 saturated heterocycles. The molecule has 0 fully saturated rings. The minimum atomic E-state index is -1.65. The molecule has 0 spiro atoms. The maximum Gasteiger partial charge on any atom is 0.313 e. The number of hydrogen-bond acceptors (Lipinski definition) is 7. The Balaban J connectivity index is 0.000000428. The van der Waals surface area contributed by atoms with E-state index < -0.39 is 12.1 Å². The fraction of sp³-hybridized carbons (Fsp3) is 0.412. The largest absolute Gasteiger partial charge is 0.547 e. The molecule has 228 valence electrons. The van der Waals surface area contributed by atoms with Crippen molar-refractivity contribution in [2.45, 2.75) is 78.7 Å². The monoisotopic (exact) mass is 596 g/mol. The zero-order chi connectivity index (χ0) is 31.4. The lowest BCUT2D eigenvalue weighted by molar-refractivity contribution is -0.315. The molecule has 0 bridgehead atoms. The van der Waals surface area contributed by atoms with Gasteiger partial charge in [-0.15, -0.1) is 0 Å². The first kappa shape index (κ1) is 35.0. The van der Waals surface area contributed by atoms with E-state index in [9.17, 15) is 19.8 Å². The molecule has 0 amide bonds. The molecule has 3 aromatic rings. The van der Waals surface area contributed by atoms with E-state index in [1.165, 1.54) is 17.7 Å². The van der Waals surface area contributed by atoms with E-state index in [1.807, 2.05) is 50.2 Å². The fourth-order valence-electron chi connectivity index (χ4n) is 4.69. The smallest absolute Gasteiger partial charge is 0.313 e. The van der Waals surface area contributed by atoms with Crippen molar-refractivity contribution in [2.24, 2.45) is 5.92 Å². The number of halogens is 1. The lowest BCUT2D eigenvalue weighted by Gasteiger charge is -2.32. The molecule has 0 aliphatic heterocycles. The van der Waals surface area contributed by atoms with Gasteiger partial charge in [-0.3, -0.25) is 9.69 Å². The van der Waals surface area contributed by atoms with Gasteiger partial charge in [-0.25, -0.2) is 0 Å². The predicted octanol–water partition coefficient (Wildman–Crippen LogP) is 5.50. The molecule has 42 heavy (non-hydrogen) atoms. The van der Waals surface area contributed by atoms with Crippen molar-refractivity contribution >= 4 is 23.5 Å². The predicted molar refractivity (Wildman–Crippen MR) is 164 cm³/mol. The van der Waals surface area contributed by atoms with Crippen LogP contribution in [-0.2, 0) is 16.2 Å². The average molecular weight is 597 g/mol. The molecule has 3 rings (SSSR count). The van der Waals surface area contributed by atoms with Gasteiger partial charge in [0, 0.05) is 34.2 Å². The van der Waals surface area contributed by atoms with Crippen LogP contribution in [0.1, 0.15) is 82.2 Å². The first-order valence-corrected chi connectivity index (χ1v) is 14.6. The van der Waals surface area contributed by atoms with Crippen LogP contribution < -0.4 is 9.84 Å². The topological polar surface area (TPSA) is 110 Å². The number of benzene rings is 3. The molecular weight excluding hydrogens is 554 g/mol. The quantitative estimate of drug-likeness (QED) is 0.210. The lowest BCUT2D eigenvalue weighted by atomic mass is 9.86. The SMILES string of the molecule is CC(C)C(=O)Oc1ccc(CO)cc1[C@H](CCN(C(C)C)C(C)C)c1ccccc1.O=C([O-])C(O)c1ccccc1Cl. The second-order valence-corrected chi connectivity index (χ2v) is 11.4. The summed E-state index contributed by atoms with van der Waals surface area (Å²) in [5.74, 6) is -1.36. The molecule has 0 radical (unpaired) electrons. The average Bonchev–Trinajstić information content (AvgIpc) is 2.96. The van der Waals surface area contributed by atoms with Crippen molar-refractivity contribution in [3.63, 3.8) is 0 Å².